The predicted molar refractivity (Wildman–Crippen MR) is 58.2 cm³/mol. The van der Waals surface area contributed by atoms with E-state index in [2.05, 4.69) is 0 Å². The molecule has 0 heterocycles. The summed E-state index contributed by atoms with van der Waals surface area (Å²) in [6, 6.07) is -0.310. The first-order chi connectivity index (χ1) is 7.78. The van der Waals surface area contributed by atoms with E-state index >= 15 is 0 Å². The lowest BCUT2D eigenvalue weighted by atomic mass is 10.2. The third-order valence-electron chi connectivity index (χ3n) is 2.69. The molecule has 1 aliphatic carbocycles. The number of carbonyl (C=O) groups is 1. The molecule has 3 nitrogen and oxygen atoms in total. The molecule has 0 aliphatic heterocycles. The van der Waals surface area contributed by atoms with E-state index in [-0.39, 0.29) is 24.9 Å². The van der Waals surface area contributed by atoms with E-state index in [0.717, 1.165) is 12.8 Å². The van der Waals surface area contributed by atoms with Gasteiger partial charge in [-0.05, 0) is 25.7 Å². The van der Waals surface area contributed by atoms with Crippen molar-refractivity contribution in [3.8, 4) is 0 Å². The highest BCUT2D eigenvalue weighted by Crippen LogP contribution is 2.30. The standard InChI is InChI=1S/C11H19F3N2O/c1-8(15)6-10(17)16(7-9-2-3-9)5-4-11(12,13)14/h8-9H,2-7,15H2,1H3. The number of hydrogen-bond donors (Lipinski definition) is 1. The molecule has 1 atom stereocenters. The second-order valence-corrected chi connectivity index (χ2v) is 4.83. The fourth-order valence-corrected chi connectivity index (χ4v) is 1.60. The van der Waals surface area contributed by atoms with Gasteiger partial charge in [-0.25, -0.2) is 0 Å². The first kappa shape index (κ1) is 14.3. The molecule has 0 spiro atoms. The first-order valence-electron chi connectivity index (χ1n) is 5.88. The van der Waals surface area contributed by atoms with Gasteiger partial charge in [-0.2, -0.15) is 13.2 Å². The van der Waals surface area contributed by atoms with Crippen LogP contribution in [0.4, 0.5) is 13.2 Å². The van der Waals surface area contributed by atoms with Crippen molar-refractivity contribution >= 4 is 5.91 Å². The topological polar surface area (TPSA) is 46.3 Å². The summed E-state index contributed by atoms with van der Waals surface area (Å²) in [6.07, 6.45) is -3.02. The minimum Gasteiger partial charge on any atom is -0.342 e. The quantitative estimate of drug-likeness (QED) is 0.785. The van der Waals surface area contributed by atoms with Crippen LogP contribution in [0.5, 0.6) is 0 Å². The first-order valence-corrected chi connectivity index (χ1v) is 5.88. The van der Waals surface area contributed by atoms with Crippen molar-refractivity contribution in [1.82, 2.24) is 4.90 Å². The molecule has 1 amide bonds. The van der Waals surface area contributed by atoms with Crippen molar-refractivity contribution in [2.75, 3.05) is 13.1 Å². The van der Waals surface area contributed by atoms with Crippen molar-refractivity contribution in [1.29, 1.82) is 0 Å². The molecular weight excluding hydrogens is 233 g/mol. The molecule has 0 radical (unpaired) electrons. The molecule has 1 rings (SSSR count). The van der Waals surface area contributed by atoms with Gasteiger partial charge in [0.15, 0.2) is 0 Å². The van der Waals surface area contributed by atoms with Gasteiger partial charge in [0.2, 0.25) is 5.91 Å². The second-order valence-electron chi connectivity index (χ2n) is 4.83. The Morgan fingerprint density at radius 1 is 1.47 bits per heavy atom. The average Bonchev–Trinajstić information content (AvgIpc) is 2.92. The fourth-order valence-electron chi connectivity index (χ4n) is 1.60. The molecular formula is C11H19F3N2O. The molecule has 0 aromatic carbocycles. The van der Waals surface area contributed by atoms with Gasteiger partial charge in [0.25, 0.3) is 0 Å². The van der Waals surface area contributed by atoms with Crippen molar-refractivity contribution in [2.45, 2.75) is 44.8 Å². The van der Waals surface area contributed by atoms with Gasteiger partial charge in [-0.3, -0.25) is 4.79 Å². The second kappa shape index (κ2) is 5.71. The Hall–Kier alpha value is -0.780. The van der Waals surface area contributed by atoms with E-state index in [0.29, 0.717) is 12.5 Å². The predicted octanol–water partition coefficient (Wildman–Crippen LogP) is 1.91. The Kier molecular flexibility index (Phi) is 4.80. The minimum atomic E-state index is -4.21. The number of amides is 1. The van der Waals surface area contributed by atoms with Crippen LogP contribution in [0.2, 0.25) is 0 Å². The normalized spacial score (nSPS) is 17.9. The van der Waals surface area contributed by atoms with Crippen LogP contribution in [0.1, 0.15) is 32.6 Å². The highest BCUT2D eigenvalue weighted by Gasteiger charge is 2.31. The lowest BCUT2D eigenvalue weighted by Crippen LogP contribution is -2.38. The van der Waals surface area contributed by atoms with Gasteiger partial charge in [0.05, 0.1) is 6.42 Å². The average molecular weight is 252 g/mol. The molecule has 100 valence electrons. The van der Waals surface area contributed by atoms with Crippen LogP contribution in [0.15, 0.2) is 0 Å². The highest BCUT2D eigenvalue weighted by atomic mass is 19.4. The molecule has 2 N–H and O–H groups in total. The summed E-state index contributed by atoms with van der Waals surface area (Å²) in [6.45, 7) is 1.88. The molecule has 1 unspecified atom stereocenters. The number of hydrogen-bond acceptors (Lipinski definition) is 2. The zero-order valence-corrected chi connectivity index (χ0v) is 9.96. The third-order valence-corrected chi connectivity index (χ3v) is 2.69. The smallest absolute Gasteiger partial charge is 0.342 e. The van der Waals surface area contributed by atoms with Crippen LogP contribution in [-0.2, 0) is 4.79 Å². The minimum absolute atomic E-state index is 0.116. The molecule has 0 aromatic rings. The Bertz CT molecular complexity index is 262. The van der Waals surface area contributed by atoms with E-state index < -0.39 is 12.6 Å². The summed E-state index contributed by atoms with van der Waals surface area (Å²) in [5.41, 5.74) is 5.49. The number of carbonyl (C=O) groups excluding carboxylic acids is 1. The lowest BCUT2D eigenvalue weighted by Gasteiger charge is -2.24. The SMILES string of the molecule is CC(N)CC(=O)N(CCC(F)(F)F)CC1CC1. The van der Waals surface area contributed by atoms with Crippen LogP contribution in [0.3, 0.4) is 0 Å². The molecule has 1 fully saturated rings. The van der Waals surface area contributed by atoms with E-state index in [1.54, 1.807) is 6.92 Å². The highest BCUT2D eigenvalue weighted by molar-refractivity contribution is 5.76. The number of alkyl halides is 3. The van der Waals surface area contributed by atoms with Crippen molar-refractivity contribution in [3.05, 3.63) is 0 Å². The number of nitrogens with zero attached hydrogens (tertiary/aromatic N) is 1. The molecule has 1 saturated carbocycles. The Balaban J connectivity index is 2.44. The molecule has 6 heteroatoms. The van der Waals surface area contributed by atoms with Gasteiger partial charge in [-0.15, -0.1) is 0 Å². The number of nitrogens with two attached hydrogens (primary N) is 1. The van der Waals surface area contributed by atoms with Crippen LogP contribution in [-0.4, -0.2) is 36.1 Å². The molecule has 1 aliphatic rings. The summed E-state index contributed by atoms with van der Waals surface area (Å²) >= 11 is 0. The molecule has 17 heavy (non-hydrogen) atoms. The zero-order chi connectivity index (χ0) is 13.1. The van der Waals surface area contributed by atoms with Crippen molar-refractivity contribution in [2.24, 2.45) is 11.7 Å². The van der Waals surface area contributed by atoms with Gasteiger partial charge in [0, 0.05) is 25.6 Å². The zero-order valence-electron chi connectivity index (χ0n) is 9.96. The van der Waals surface area contributed by atoms with E-state index in [1.165, 1.54) is 4.90 Å². The molecule has 0 aromatic heterocycles. The fraction of sp³-hybridized carbons (Fsp3) is 0.909. The Morgan fingerprint density at radius 3 is 2.47 bits per heavy atom. The van der Waals surface area contributed by atoms with Crippen molar-refractivity contribution < 1.29 is 18.0 Å². The molecule has 0 bridgehead atoms. The van der Waals surface area contributed by atoms with Crippen LogP contribution in [0, 0.1) is 5.92 Å². The van der Waals surface area contributed by atoms with Crippen LogP contribution in [0.25, 0.3) is 0 Å². The summed E-state index contributed by atoms with van der Waals surface area (Å²) in [7, 11) is 0. The largest absolute Gasteiger partial charge is 0.390 e. The maximum Gasteiger partial charge on any atom is 0.390 e. The van der Waals surface area contributed by atoms with Gasteiger partial charge in [0.1, 0.15) is 0 Å². The summed E-state index contributed by atoms with van der Waals surface area (Å²) < 4.78 is 36.4. The van der Waals surface area contributed by atoms with Crippen LogP contribution < -0.4 is 5.73 Å². The van der Waals surface area contributed by atoms with E-state index in [4.69, 9.17) is 5.73 Å². The Labute approximate surface area is 99.1 Å². The summed E-state index contributed by atoms with van der Waals surface area (Å²) in [5.74, 6) is 0.122. The monoisotopic (exact) mass is 252 g/mol. The van der Waals surface area contributed by atoms with Gasteiger partial charge < -0.3 is 10.6 Å². The van der Waals surface area contributed by atoms with Gasteiger partial charge >= 0.3 is 6.18 Å². The summed E-state index contributed by atoms with van der Waals surface area (Å²) in [5, 5.41) is 0. The van der Waals surface area contributed by atoms with Gasteiger partial charge in [-0.1, -0.05) is 0 Å². The van der Waals surface area contributed by atoms with E-state index in [1.807, 2.05) is 0 Å². The van der Waals surface area contributed by atoms with Crippen LogP contribution >= 0.6 is 0 Å². The molecule has 0 saturated heterocycles. The number of rotatable bonds is 6. The Morgan fingerprint density at radius 2 is 2.06 bits per heavy atom. The summed E-state index contributed by atoms with van der Waals surface area (Å²) in [4.78, 5) is 13.0. The third kappa shape index (κ3) is 6.51. The number of halogens is 3. The van der Waals surface area contributed by atoms with Crippen molar-refractivity contribution in [3.63, 3.8) is 0 Å². The maximum atomic E-state index is 12.1. The lowest BCUT2D eigenvalue weighted by molar-refractivity contribution is -0.145. The van der Waals surface area contributed by atoms with E-state index in [9.17, 15) is 18.0 Å². The maximum absolute atomic E-state index is 12.1.